The lowest BCUT2D eigenvalue weighted by atomic mass is 10.1. The lowest BCUT2D eigenvalue weighted by Gasteiger charge is -2.07. The van der Waals surface area contributed by atoms with Gasteiger partial charge in [-0.15, -0.1) is 11.8 Å². The van der Waals surface area contributed by atoms with Crippen LogP contribution in [-0.4, -0.2) is 23.9 Å². The van der Waals surface area contributed by atoms with Gasteiger partial charge in [-0.25, -0.2) is 0 Å². The summed E-state index contributed by atoms with van der Waals surface area (Å²) in [5.41, 5.74) is 0. The maximum Gasteiger partial charge on any atom is 0.303 e. The molecule has 0 saturated carbocycles. The van der Waals surface area contributed by atoms with Crippen LogP contribution in [0.1, 0.15) is 58.3 Å². The third-order valence-corrected chi connectivity index (χ3v) is 4.43. The van der Waals surface area contributed by atoms with Crippen LogP contribution in [0.25, 0.3) is 0 Å². The Labute approximate surface area is 139 Å². The van der Waals surface area contributed by atoms with E-state index in [2.05, 4.69) is 13.5 Å². The van der Waals surface area contributed by atoms with E-state index in [4.69, 9.17) is 9.84 Å². The maximum absolute atomic E-state index is 10.4. The summed E-state index contributed by atoms with van der Waals surface area (Å²) in [4.78, 5) is 11.6. The average Bonchev–Trinajstić information content (AvgIpc) is 2.49. The van der Waals surface area contributed by atoms with E-state index in [0.717, 1.165) is 30.8 Å². The number of aliphatic carboxylic acids is 1. The Bertz CT molecular complexity index is 373. The molecule has 0 saturated heterocycles. The summed E-state index contributed by atoms with van der Waals surface area (Å²) in [7, 11) is 1.69. The molecule has 3 nitrogen and oxygen atoms in total. The number of carboxylic acids is 1. The second-order valence-corrected chi connectivity index (χ2v) is 6.50. The first-order valence-electron chi connectivity index (χ1n) is 8.00. The highest BCUT2D eigenvalue weighted by atomic mass is 32.2. The average molecular weight is 327 g/mol. The molecule has 0 bridgehead atoms. The lowest BCUT2D eigenvalue weighted by Crippen LogP contribution is -1.93. The van der Waals surface area contributed by atoms with Crippen LogP contribution in [0.15, 0.2) is 35.5 Å². The van der Waals surface area contributed by atoms with Crippen molar-refractivity contribution in [3.05, 3.63) is 35.5 Å². The summed E-state index contributed by atoms with van der Waals surface area (Å²) in [6.45, 7) is 5.74. The van der Waals surface area contributed by atoms with Gasteiger partial charge < -0.3 is 9.84 Å². The number of allylic oxidation sites excluding steroid dienone is 4. The molecule has 0 unspecified atom stereocenters. The van der Waals surface area contributed by atoms with Crippen LogP contribution in [0.5, 0.6) is 0 Å². The number of rotatable bonds is 14. The zero-order valence-electron chi connectivity index (χ0n) is 14.0. The molecule has 0 radical (unpaired) electrons. The third-order valence-electron chi connectivity index (χ3n) is 3.30. The normalized spacial score (nSPS) is 12.3. The first-order chi connectivity index (χ1) is 10.6. The molecule has 0 aromatic carbocycles. The molecule has 0 aromatic heterocycles. The van der Waals surface area contributed by atoms with Crippen molar-refractivity contribution in [2.75, 3.05) is 12.9 Å². The number of hydrogen-bond acceptors (Lipinski definition) is 3. The van der Waals surface area contributed by atoms with Crippen molar-refractivity contribution in [2.24, 2.45) is 0 Å². The Morgan fingerprint density at radius 1 is 1.14 bits per heavy atom. The van der Waals surface area contributed by atoms with Crippen molar-refractivity contribution < 1.29 is 14.6 Å². The number of ether oxygens (including phenoxy) is 1. The van der Waals surface area contributed by atoms with Gasteiger partial charge in [0.05, 0.1) is 7.11 Å². The highest BCUT2D eigenvalue weighted by Gasteiger charge is 2.00. The Kier molecular flexibility index (Phi) is 14.0. The highest BCUT2D eigenvalue weighted by molar-refractivity contribution is 8.03. The fourth-order valence-electron chi connectivity index (χ4n) is 2.04. The minimum absolute atomic E-state index is 0.310. The van der Waals surface area contributed by atoms with Crippen molar-refractivity contribution in [3.8, 4) is 0 Å². The quantitative estimate of drug-likeness (QED) is 0.258. The van der Waals surface area contributed by atoms with Gasteiger partial charge in [0.2, 0.25) is 0 Å². The van der Waals surface area contributed by atoms with Crippen LogP contribution >= 0.6 is 11.8 Å². The summed E-state index contributed by atoms with van der Waals surface area (Å²) in [6, 6.07) is 0. The van der Waals surface area contributed by atoms with Crippen LogP contribution in [0.3, 0.4) is 0 Å². The van der Waals surface area contributed by atoms with Gasteiger partial charge in [0.1, 0.15) is 5.76 Å². The molecule has 0 heterocycles. The molecular formula is C18H30O3S. The molecule has 0 atom stereocenters. The maximum atomic E-state index is 10.4. The minimum atomic E-state index is -0.682. The highest BCUT2D eigenvalue weighted by Crippen LogP contribution is 2.22. The van der Waals surface area contributed by atoms with Gasteiger partial charge in [-0.1, -0.05) is 50.8 Å². The molecule has 1 N–H and O–H groups in total. The molecule has 0 aliphatic rings. The zero-order chi connectivity index (χ0) is 16.6. The first kappa shape index (κ1) is 20.8. The molecule has 0 aromatic rings. The molecular weight excluding hydrogens is 296 g/mol. The molecule has 0 aliphatic carbocycles. The summed E-state index contributed by atoms with van der Waals surface area (Å²) >= 11 is 1.84. The summed E-state index contributed by atoms with van der Waals surface area (Å²) in [5, 5.41) is 8.54. The fraction of sp³-hybridized carbons (Fsp3) is 0.611. The van der Waals surface area contributed by atoms with Crippen molar-refractivity contribution in [3.63, 3.8) is 0 Å². The van der Waals surface area contributed by atoms with Crippen LogP contribution in [0.2, 0.25) is 0 Å². The Morgan fingerprint density at radius 2 is 1.73 bits per heavy atom. The Hall–Kier alpha value is -1.16. The Balaban J connectivity index is 3.59. The van der Waals surface area contributed by atoms with Crippen molar-refractivity contribution in [1.29, 1.82) is 0 Å². The molecule has 126 valence electrons. The topological polar surface area (TPSA) is 46.5 Å². The van der Waals surface area contributed by atoms with Crippen LogP contribution < -0.4 is 0 Å². The second kappa shape index (κ2) is 14.8. The molecule has 0 amide bonds. The van der Waals surface area contributed by atoms with E-state index in [1.54, 1.807) is 13.2 Å². The lowest BCUT2D eigenvalue weighted by molar-refractivity contribution is -0.137. The number of unbranched alkanes of at least 4 members (excludes halogenated alkanes) is 6. The minimum Gasteiger partial charge on any atom is -0.496 e. The monoisotopic (exact) mass is 326 g/mol. The van der Waals surface area contributed by atoms with E-state index >= 15 is 0 Å². The number of thioether (sulfide) groups is 1. The summed E-state index contributed by atoms with van der Waals surface area (Å²) < 4.78 is 5.35. The summed E-state index contributed by atoms with van der Waals surface area (Å²) in [6.07, 6.45) is 13.8. The van der Waals surface area contributed by atoms with E-state index in [-0.39, 0.29) is 0 Å². The molecule has 0 aliphatic heterocycles. The second-order valence-electron chi connectivity index (χ2n) is 5.19. The van der Waals surface area contributed by atoms with E-state index in [1.165, 1.54) is 30.6 Å². The first-order valence-corrected chi connectivity index (χ1v) is 8.99. The van der Waals surface area contributed by atoms with Gasteiger partial charge in [-0.2, -0.15) is 0 Å². The SMILES string of the molecule is C=C/C=C\C(OC)=C(/C)SCCCCCCCCCC(=O)O. The number of methoxy groups -OCH3 is 1. The largest absolute Gasteiger partial charge is 0.496 e. The van der Waals surface area contributed by atoms with Crippen LogP contribution in [0.4, 0.5) is 0 Å². The van der Waals surface area contributed by atoms with Crippen LogP contribution in [0, 0.1) is 0 Å². The van der Waals surface area contributed by atoms with Gasteiger partial charge in [0.25, 0.3) is 0 Å². The van der Waals surface area contributed by atoms with Crippen molar-refractivity contribution >= 4 is 17.7 Å². The van der Waals surface area contributed by atoms with Crippen LogP contribution in [-0.2, 0) is 9.53 Å². The number of carbonyl (C=O) groups is 1. The van der Waals surface area contributed by atoms with Gasteiger partial charge >= 0.3 is 5.97 Å². The number of hydrogen-bond donors (Lipinski definition) is 1. The van der Waals surface area contributed by atoms with Gasteiger partial charge in [0.15, 0.2) is 0 Å². The third kappa shape index (κ3) is 12.6. The summed E-state index contributed by atoms with van der Waals surface area (Å²) in [5.74, 6) is 1.33. The predicted octanol–water partition coefficient (Wildman–Crippen LogP) is 5.55. The van der Waals surface area contributed by atoms with E-state index in [9.17, 15) is 4.79 Å². The fourth-order valence-corrected chi connectivity index (χ4v) is 2.99. The smallest absolute Gasteiger partial charge is 0.303 e. The van der Waals surface area contributed by atoms with Crippen molar-refractivity contribution in [1.82, 2.24) is 0 Å². The van der Waals surface area contributed by atoms with E-state index < -0.39 is 5.97 Å². The molecule has 0 spiro atoms. The molecule has 4 heteroatoms. The zero-order valence-corrected chi connectivity index (χ0v) is 14.8. The van der Waals surface area contributed by atoms with Gasteiger partial charge in [-0.05, 0) is 31.6 Å². The standard InChI is InChI=1S/C18H30O3S/c1-4-5-13-17(21-3)16(2)22-15-12-10-8-6-7-9-11-14-18(19)20/h4-5,13H,1,6-12,14-15H2,2-3H3,(H,19,20)/b13-5-,17-16-. The molecule has 22 heavy (non-hydrogen) atoms. The number of carboxylic acid groups (broad SMARTS) is 1. The van der Waals surface area contributed by atoms with E-state index in [0.29, 0.717) is 6.42 Å². The molecule has 0 fully saturated rings. The predicted molar refractivity (Wildman–Crippen MR) is 96.1 cm³/mol. The Morgan fingerprint density at radius 3 is 2.27 bits per heavy atom. The van der Waals surface area contributed by atoms with E-state index in [1.807, 2.05) is 23.9 Å². The van der Waals surface area contributed by atoms with Gasteiger partial charge in [0, 0.05) is 11.3 Å². The molecule has 0 rings (SSSR count). The van der Waals surface area contributed by atoms with Gasteiger partial charge in [-0.3, -0.25) is 4.79 Å². The van der Waals surface area contributed by atoms with Crippen molar-refractivity contribution in [2.45, 2.75) is 58.3 Å².